The Morgan fingerprint density at radius 1 is 0.971 bits per heavy atom. The van der Waals surface area contributed by atoms with E-state index in [1.165, 1.54) is 12.2 Å². The number of benzene rings is 2. The number of piperazine rings is 1. The molecule has 0 spiro atoms. The maximum atomic E-state index is 12.8. The van der Waals surface area contributed by atoms with Gasteiger partial charge < -0.3 is 4.90 Å². The number of ketones is 1. The van der Waals surface area contributed by atoms with E-state index >= 15 is 0 Å². The average molecular weight is 462 g/mol. The molecule has 7 nitrogen and oxygen atoms in total. The Hall–Kier alpha value is -3.55. The van der Waals surface area contributed by atoms with Gasteiger partial charge in [-0.3, -0.25) is 24.5 Å². The number of carbonyl (C=O) groups is 3. The highest BCUT2D eigenvalue weighted by atomic mass is 16.5. The molecule has 0 bridgehead atoms. The molecule has 1 aliphatic rings. The smallest absolute Gasteiger partial charge is 0.267 e. The summed E-state index contributed by atoms with van der Waals surface area (Å²) in [6.45, 7) is 8.08. The van der Waals surface area contributed by atoms with Crippen LogP contribution in [0.2, 0.25) is 0 Å². The molecule has 0 aliphatic carbocycles. The average Bonchev–Trinajstić information content (AvgIpc) is 2.80. The van der Waals surface area contributed by atoms with Crippen molar-refractivity contribution in [3.63, 3.8) is 0 Å². The van der Waals surface area contributed by atoms with Crippen LogP contribution in [-0.4, -0.2) is 57.8 Å². The number of nitrogens with zero attached hydrogens (tertiary/aromatic N) is 2. The maximum Gasteiger partial charge on any atom is 0.267 e. The van der Waals surface area contributed by atoms with Crippen molar-refractivity contribution in [3.05, 3.63) is 82.9 Å². The second-order valence-corrected chi connectivity index (χ2v) is 8.70. The van der Waals surface area contributed by atoms with Crippen LogP contribution in [0.5, 0.6) is 0 Å². The van der Waals surface area contributed by atoms with Crippen molar-refractivity contribution in [3.8, 4) is 0 Å². The molecular weight excluding hydrogens is 430 g/mol. The molecule has 1 aliphatic heterocycles. The van der Waals surface area contributed by atoms with Gasteiger partial charge in [-0.25, -0.2) is 5.48 Å². The highest BCUT2D eigenvalue weighted by molar-refractivity contribution is 6.06. The molecule has 2 aromatic rings. The first-order valence-corrected chi connectivity index (χ1v) is 11.3. The van der Waals surface area contributed by atoms with Crippen molar-refractivity contribution in [1.82, 2.24) is 15.3 Å². The number of rotatable bonds is 7. The van der Waals surface area contributed by atoms with Gasteiger partial charge >= 0.3 is 0 Å². The number of carbonyl (C=O) groups excluding carboxylic acids is 3. The highest BCUT2D eigenvalue weighted by Crippen LogP contribution is 2.19. The minimum absolute atomic E-state index is 0.0920. The van der Waals surface area contributed by atoms with Crippen molar-refractivity contribution in [2.24, 2.45) is 0 Å². The Morgan fingerprint density at radius 2 is 1.59 bits per heavy atom. The van der Waals surface area contributed by atoms with Crippen LogP contribution in [0.25, 0.3) is 12.2 Å². The van der Waals surface area contributed by atoms with Gasteiger partial charge in [0.15, 0.2) is 5.78 Å². The summed E-state index contributed by atoms with van der Waals surface area (Å²) in [6, 6.07) is 15.3. The molecule has 7 heteroatoms. The van der Waals surface area contributed by atoms with Crippen molar-refractivity contribution >= 4 is 29.7 Å². The second-order valence-electron chi connectivity index (χ2n) is 8.70. The van der Waals surface area contributed by atoms with Crippen molar-refractivity contribution in [2.45, 2.75) is 39.4 Å². The SMILES string of the molecule is CC(=O)N1[C@H](C)CN(Cc2cccc(C(=O)C=Cc3cccc(C=CC(=O)NO)c3)c2)C[C@@H]1C. The lowest BCUT2D eigenvalue weighted by atomic mass is 10.0. The Kier molecular flexibility index (Phi) is 8.51. The molecule has 0 unspecified atom stereocenters. The molecule has 34 heavy (non-hydrogen) atoms. The first-order chi connectivity index (χ1) is 16.3. The summed E-state index contributed by atoms with van der Waals surface area (Å²) in [4.78, 5) is 40.1. The first kappa shape index (κ1) is 25.1. The van der Waals surface area contributed by atoms with Gasteiger partial charge in [0.1, 0.15) is 0 Å². The van der Waals surface area contributed by atoms with E-state index in [2.05, 4.69) is 18.7 Å². The van der Waals surface area contributed by atoms with Crippen LogP contribution in [0, 0.1) is 0 Å². The third-order valence-electron chi connectivity index (χ3n) is 5.85. The Bertz CT molecular complexity index is 1100. The molecule has 2 aromatic carbocycles. The lowest BCUT2D eigenvalue weighted by Gasteiger charge is -2.44. The minimum Gasteiger partial charge on any atom is -0.335 e. The molecule has 2 amide bonds. The molecule has 0 radical (unpaired) electrons. The van der Waals surface area contributed by atoms with E-state index in [1.54, 1.807) is 24.6 Å². The Balaban J connectivity index is 1.65. The maximum absolute atomic E-state index is 12.8. The zero-order valence-electron chi connectivity index (χ0n) is 19.8. The molecule has 0 saturated carbocycles. The third-order valence-corrected chi connectivity index (χ3v) is 5.85. The topological polar surface area (TPSA) is 90.0 Å². The van der Waals surface area contributed by atoms with Crippen LogP contribution in [0.15, 0.2) is 60.7 Å². The van der Waals surface area contributed by atoms with Gasteiger partial charge in [0, 0.05) is 50.3 Å². The lowest BCUT2D eigenvalue weighted by Crippen LogP contribution is -2.57. The van der Waals surface area contributed by atoms with Crippen LogP contribution in [-0.2, 0) is 16.1 Å². The summed E-state index contributed by atoms with van der Waals surface area (Å²) in [5.74, 6) is -0.595. The normalized spacial score (nSPS) is 19.0. The monoisotopic (exact) mass is 461 g/mol. The van der Waals surface area contributed by atoms with E-state index in [-0.39, 0.29) is 23.8 Å². The predicted molar refractivity (Wildman–Crippen MR) is 132 cm³/mol. The van der Waals surface area contributed by atoms with Crippen LogP contribution in [0.3, 0.4) is 0 Å². The van der Waals surface area contributed by atoms with E-state index in [4.69, 9.17) is 5.21 Å². The molecule has 0 aromatic heterocycles. The van der Waals surface area contributed by atoms with Gasteiger partial charge in [0.2, 0.25) is 5.91 Å². The van der Waals surface area contributed by atoms with Crippen molar-refractivity contribution in [1.29, 1.82) is 0 Å². The van der Waals surface area contributed by atoms with Crippen molar-refractivity contribution < 1.29 is 19.6 Å². The summed E-state index contributed by atoms with van der Waals surface area (Å²) in [5.41, 5.74) is 4.82. The summed E-state index contributed by atoms with van der Waals surface area (Å²) in [5, 5.41) is 8.57. The first-order valence-electron chi connectivity index (χ1n) is 11.3. The van der Waals surface area contributed by atoms with Crippen LogP contribution < -0.4 is 5.48 Å². The zero-order valence-corrected chi connectivity index (χ0v) is 19.8. The largest absolute Gasteiger partial charge is 0.335 e. The third kappa shape index (κ3) is 6.73. The molecule has 1 heterocycles. The number of amides is 2. The highest BCUT2D eigenvalue weighted by Gasteiger charge is 2.30. The van der Waals surface area contributed by atoms with E-state index < -0.39 is 5.91 Å². The van der Waals surface area contributed by atoms with Crippen LogP contribution in [0.4, 0.5) is 0 Å². The second kappa shape index (κ2) is 11.5. The molecule has 178 valence electrons. The molecule has 2 N–H and O–H groups in total. The number of hydrogen-bond acceptors (Lipinski definition) is 5. The van der Waals surface area contributed by atoms with Gasteiger partial charge in [-0.1, -0.05) is 42.5 Å². The predicted octanol–water partition coefficient (Wildman–Crippen LogP) is 3.54. The van der Waals surface area contributed by atoms with E-state index in [9.17, 15) is 14.4 Å². The van der Waals surface area contributed by atoms with Gasteiger partial charge in [-0.15, -0.1) is 0 Å². The van der Waals surface area contributed by atoms with Crippen molar-refractivity contribution in [2.75, 3.05) is 13.1 Å². The fraction of sp³-hybridized carbons (Fsp3) is 0.296. The molecule has 2 atom stereocenters. The van der Waals surface area contributed by atoms with Gasteiger partial charge in [-0.2, -0.15) is 0 Å². The summed E-state index contributed by atoms with van der Waals surface area (Å²) in [6.07, 6.45) is 6.08. The molecular formula is C27H31N3O4. The Morgan fingerprint density at radius 3 is 2.21 bits per heavy atom. The van der Waals surface area contributed by atoms with Gasteiger partial charge in [0.25, 0.3) is 5.91 Å². The van der Waals surface area contributed by atoms with Crippen LogP contribution >= 0.6 is 0 Å². The molecule has 1 saturated heterocycles. The summed E-state index contributed by atoms with van der Waals surface area (Å²) in [7, 11) is 0. The lowest BCUT2D eigenvalue weighted by molar-refractivity contribution is -0.136. The summed E-state index contributed by atoms with van der Waals surface area (Å²) >= 11 is 0. The Labute approximate surface area is 200 Å². The molecule has 3 rings (SSSR count). The molecule has 1 fully saturated rings. The zero-order chi connectivity index (χ0) is 24.7. The number of nitrogens with one attached hydrogen (secondary N) is 1. The summed E-state index contributed by atoms with van der Waals surface area (Å²) < 4.78 is 0. The number of hydroxylamine groups is 1. The van der Waals surface area contributed by atoms with E-state index in [1.807, 2.05) is 53.4 Å². The van der Waals surface area contributed by atoms with Gasteiger partial charge in [0.05, 0.1) is 0 Å². The quantitative estimate of drug-likeness (QED) is 0.285. The van der Waals surface area contributed by atoms with Crippen LogP contribution in [0.1, 0.15) is 47.8 Å². The minimum atomic E-state index is -0.611. The standard InChI is InChI=1S/C27H31N3O4/c1-19-16-29(17-20(2)30(19)21(3)31)18-24-8-5-9-25(15-24)26(32)12-10-22-6-4-7-23(14-22)11-13-27(33)28-34/h4-15,19-20,34H,16-18H2,1-3H3,(H,28,33)/t19-,20+. The number of allylic oxidation sites excluding steroid dienone is 1. The fourth-order valence-electron chi connectivity index (χ4n) is 4.51. The van der Waals surface area contributed by atoms with E-state index in [0.717, 1.165) is 36.3 Å². The van der Waals surface area contributed by atoms with E-state index in [0.29, 0.717) is 5.56 Å². The fourth-order valence-corrected chi connectivity index (χ4v) is 4.51. The number of hydrogen-bond donors (Lipinski definition) is 2. The van der Waals surface area contributed by atoms with Gasteiger partial charge in [-0.05, 0) is 54.8 Å².